The van der Waals surface area contributed by atoms with E-state index in [1.807, 2.05) is 12.1 Å². The maximum Gasteiger partial charge on any atom is 0.225 e. The van der Waals surface area contributed by atoms with Crippen molar-refractivity contribution in [2.75, 3.05) is 19.6 Å². The van der Waals surface area contributed by atoms with Crippen LogP contribution in [0, 0.1) is 11.3 Å². The van der Waals surface area contributed by atoms with Gasteiger partial charge in [-0.1, -0.05) is 24.3 Å². The highest BCUT2D eigenvalue weighted by atomic mass is 16.1. The highest BCUT2D eigenvalue weighted by Gasteiger charge is 2.44. The number of benzene rings is 1. The van der Waals surface area contributed by atoms with E-state index in [2.05, 4.69) is 34.1 Å². The zero-order valence-corrected chi connectivity index (χ0v) is 14.5. The molecule has 2 N–H and O–H groups in total. The Balaban J connectivity index is 1.54. The van der Waals surface area contributed by atoms with Gasteiger partial charge in [-0.2, -0.15) is 0 Å². The van der Waals surface area contributed by atoms with Crippen LogP contribution in [0.4, 0.5) is 0 Å². The minimum atomic E-state index is -0.425. The van der Waals surface area contributed by atoms with E-state index in [4.69, 9.17) is 5.73 Å². The first-order valence-electron chi connectivity index (χ1n) is 9.16. The van der Waals surface area contributed by atoms with Crippen LogP contribution in [0.15, 0.2) is 48.8 Å². The van der Waals surface area contributed by atoms with Crippen molar-refractivity contribution >= 4 is 5.91 Å². The van der Waals surface area contributed by atoms with Gasteiger partial charge in [-0.05, 0) is 67.0 Å². The van der Waals surface area contributed by atoms with Gasteiger partial charge in [0.25, 0.3) is 0 Å². The molecule has 130 valence electrons. The number of pyridine rings is 1. The fraction of sp³-hybridized carbons (Fsp3) is 0.429. The number of hydrogen-bond acceptors (Lipinski definition) is 3. The summed E-state index contributed by atoms with van der Waals surface area (Å²) in [7, 11) is 0. The maximum atomic E-state index is 12.3. The predicted octanol–water partition coefficient (Wildman–Crippen LogP) is 2.88. The topological polar surface area (TPSA) is 59.2 Å². The monoisotopic (exact) mass is 335 g/mol. The van der Waals surface area contributed by atoms with Crippen LogP contribution >= 0.6 is 0 Å². The lowest BCUT2D eigenvalue weighted by Crippen LogP contribution is -2.41. The first kappa shape index (κ1) is 16.3. The van der Waals surface area contributed by atoms with Gasteiger partial charge in [-0.15, -0.1) is 0 Å². The quantitative estimate of drug-likeness (QED) is 0.883. The lowest BCUT2D eigenvalue weighted by atomic mass is 9.79. The number of carbonyl (C=O) groups excluding carboxylic acids is 1. The normalized spacial score (nSPS) is 23.7. The molecule has 1 atom stereocenters. The van der Waals surface area contributed by atoms with Crippen LogP contribution in [0.5, 0.6) is 0 Å². The molecule has 0 bridgehead atoms. The van der Waals surface area contributed by atoms with Crippen molar-refractivity contribution in [3.05, 3.63) is 54.4 Å². The van der Waals surface area contributed by atoms with Gasteiger partial charge in [0.15, 0.2) is 0 Å². The Hall–Kier alpha value is -2.20. The molecule has 2 aliphatic rings. The van der Waals surface area contributed by atoms with E-state index >= 15 is 0 Å². The largest absolute Gasteiger partial charge is 0.369 e. The first-order chi connectivity index (χ1) is 12.1. The van der Waals surface area contributed by atoms with E-state index in [1.54, 1.807) is 12.4 Å². The Morgan fingerprint density at radius 2 is 2.00 bits per heavy atom. The maximum absolute atomic E-state index is 12.3. The summed E-state index contributed by atoms with van der Waals surface area (Å²) in [5.74, 6) is 0.693. The van der Waals surface area contributed by atoms with E-state index in [0.29, 0.717) is 0 Å². The molecule has 1 saturated heterocycles. The van der Waals surface area contributed by atoms with Crippen molar-refractivity contribution in [1.29, 1.82) is 0 Å². The summed E-state index contributed by atoms with van der Waals surface area (Å²) < 4.78 is 0. The number of aromatic nitrogens is 1. The SMILES string of the molecule is NC(=O)C1(Cc2cccc(-c3ccncc3)c2)CCN(CC2CC2)C1. The van der Waals surface area contributed by atoms with Crippen molar-refractivity contribution in [2.45, 2.75) is 25.7 Å². The van der Waals surface area contributed by atoms with Gasteiger partial charge >= 0.3 is 0 Å². The molecule has 0 spiro atoms. The minimum absolute atomic E-state index is 0.153. The average molecular weight is 335 g/mol. The molecule has 2 fully saturated rings. The van der Waals surface area contributed by atoms with Crippen LogP contribution in [0.1, 0.15) is 24.8 Å². The second kappa shape index (κ2) is 6.60. The van der Waals surface area contributed by atoms with Crippen molar-refractivity contribution in [1.82, 2.24) is 9.88 Å². The third-order valence-electron chi connectivity index (χ3n) is 5.65. The Labute approximate surface area is 149 Å². The summed E-state index contributed by atoms with van der Waals surface area (Å²) in [6, 6.07) is 12.5. The number of nitrogens with two attached hydrogens (primary N) is 1. The number of amides is 1. The van der Waals surface area contributed by atoms with E-state index in [1.165, 1.54) is 18.4 Å². The minimum Gasteiger partial charge on any atom is -0.369 e. The zero-order chi connectivity index (χ0) is 17.3. The number of nitrogens with zero attached hydrogens (tertiary/aromatic N) is 2. The van der Waals surface area contributed by atoms with E-state index < -0.39 is 5.41 Å². The molecule has 1 aliphatic carbocycles. The van der Waals surface area contributed by atoms with Crippen LogP contribution in [-0.4, -0.2) is 35.4 Å². The average Bonchev–Trinajstić information content (AvgIpc) is 3.35. The van der Waals surface area contributed by atoms with Gasteiger partial charge < -0.3 is 10.6 Å². The van der Waals surface area contributed by atoms with E-state index in [0.717, 1.165) is 49.5 Å². The number of hydrogen-bond donors (Lipinski definition) is 1. The molecule has 1 aliphatic heterocycles. The summed E-state index contributed by atoms with van der Waals surface area (Å²) >= 11 is 0. The van der Waals surface area contributed by atoms with Crippen LogP contribution in [0.3, 0.4) is 0 Å². The summed E-state index contributed by atoms with van der Waals surface area (Å²) in [5.41, 5.74) is 8.93. The van der Waals surface area contributed by atoms with Crippen molar-refractivity contribution < 1.29 is 4.79 Å². The predicted molar refractivity (Wildman–Crippen MR) is 98.8 cm³/mol. The van der Waals surface area contributed by atoms with Crippen LogP contribution in [-0.2, 0) is 11.2 Å². The van der Waals surface area contributed by atoms with Gasteiger partial charge in [0.05, 0.1) is 5.41 Å². The Morgan fingerprint density at radius 1 is 1.20 bits per heavy atom. The molecule has 2 aromatic rings. The molecule has 1 amide bonds. The molecule has 1 saturated carbocycles. The zero-order valence-electron chi connectivity index (χ0n) is 14.5. The Bertz CT molecular complexity index is 757. The number of carbonyl (C=O) groups is 1. The number of likely N-dealkylation sites (tertiary alicyclic amines) is 1. The van der Waals surface area contributed by atoms with Gasteiger partial charge in [0.1, 0.15) is 0 Å². The Kier molecular flexibility index (Phi) is 4.30. The molecule has 1 unspecified atom stereocenters. The molecule has 25 heavy (non-hydrogen) atoms. The molecular formula is C21H25N3O. The van der Waals surface area contributed by atoms with E-state index in [9.17, 15) is 4.79 Å². The Morgan fingerprint density at radius 3 is 2.72 bits per heavy atom. The van der Waals surface area contributed by atoms with Gasteiger partial charge in [0.2, 0.25) is 5.91 Å². The molecule has 4 nitrogen and oxygen atoms in total. The molecule has 2 heterocycles. The number of rotatable bonds is 6. The molecule has 1 aromatic carbocycles. The summed E-state index contributed by atoms with van der Waals surface area (Å²) in [6.07, 6.45) is 7.89. The molecule has 4 heteroatoms. The number of primary amides is 1. The van der Waals surface area contributed by atoms with Crippen LogP contribution in [0.25, 0.3) is 11.1 Å². The third kappa shape index (κ3) is 3.59. The van der Waals surface area contributed by atoms with Gasteiger partial charge in [-0.25, -0.2) is 0 Å². The van der Waals surface area contributed by atoms with E-state index in [-0.39, 0.29) is 5.91 Å². The lowest BCUT2D eigenvalue weighted by Gasteiger charge is -2.26. The van der Waals surface area contributed by atoms with Crippen molar-refractivity contribution in [3.8, 4) is 11.1 Å². The molecule has 4 rings (SSSR count). The highest BCUT2D eigenvalue weighted by Crippen LogP contribution is 2.38. The van der Waals surface area contributed by atoms with Crippen molar-refractivity contribution in [3.63, 3.8) is 0 Å². The van der Waals surface area contributed by atoms with Crippen LogP contribution in [0.2, 0.25) is 0 Å². The van der Waals surface area contributed by atoms with Crippen molar-refractivity contribution in [2.24, 2.45) is 17.1 Å². The van der Waals surface area contributed by atoms with Crippen LogP contribution < -0.4 is 5.73 Å². The fourth-order valence-electron chi connectivity index (χ4n) is 4.01. The smallest absolute Gasteiger partial charge is 0.225 e. The molecule has 0 radical (unpaired) electrons. The van der Waals surface area contributed by atoms with Gasteiger partial charge in [0, 0.05) is 25.5 Å². The van der Waals surface area contributed by atoms with Gasteiger partial charge in [-0.3, -0.25) is 9.78 Å². The summed E-state index contributed by atoms with van der Waals surface area (Å²) in [5, 5.41) is 0. The molecular weight excluding hydrogens is 310 g/mol. The summed E-state index contributed by atoms with van der Waals surface area (Å²) in [6.45, 7) is 2.92. The third-order valence-corrected chi connectivity index (χ3v) is 5.65. The fourth-order valence-corrected chi connectivity index (χ4v) is 4.01. The second-order valence-corrected chi connectivity index (χ2v) is 7.69. The lowest BCUT2D eigenvalue weighted by molar-refractivity contribution is -0.127. The standard InChI is InChI=1S/C21H25N3O/c22-20(25)21(8-11-24(15-21)14-16-4-5-16)13-17-2-1-3-19(12-17)18-6-9-23-10-7-18/h1-3,6-7,9-10,12,16H,4-5,8,11,13-15H2,(H2,22,25). The summed E-state index contributed by atoms with van der Waals surface area (Å²) in [4.78, 5) is 18.8. The molecule has 1 aromatic heterocycles. The second-order valence-electron chi connectivity index (χ2n) is 7.69. The highest BCUT2D eigenvalue weighted by molar-refractivity contribution is 5.82. The first-order valence-corrected chi connectivity index (χ1v) is 9.16.